The largest absolute Gasteiger partial charge is 0.496 e. The molecule has 14 heavy (non-hydrogen) atoms. The fourth-order valence-electron chi connectivity index (χ4n) is 1.22. The van der Waals surface area contributed by atoms with Gasteiger partial charge in [-0.3, -0.25) is 0 Å². The van der Waals surface area contributed by atoms with Crippen molar-refractivity contribution >= 4 is 15.9 Å². The predicted octanol–water partition coefficient (Wildman–Crippen LogP) is 2.45. The van der Waals surface area contributed by atoms with E-state index in [-0.39, 0.29) is 5.92 Å². The Morgan fingerprint density at radius 2 is 2.21 bits per heavy atom. The summed E-state index contributed by atoms with van der Waals surface area (Å²) in [4.78, 5) is 4.61. The molecule has 0 aliphatic heterocycles. The first kappa shape index (κ1) is 11.5. The summed E-state index contributed by atoms with van der Waals surface area (Å²) in [5.41, 5.74) is 1.15. The van der Waals surface area contributed by atoms with Crippen molar-refractivity contribution in [2.24, 2.45) is 5.90 Å². The van der Waals surface area contributed by atoms with Gasteiger partial charge in [-0.15, -0.1) is 0 Å². The summed E-state index contributed by atoms with van der Waals surface area (Å²) in [6.07, 6.45) is 0. The number of benzene rings is 1. The number of halogens is 1. The third kappa shape index (κ3) is 2.70. The van der Waals surface area contributed by atoms with Crippen molar-refractivity contribution < 1.29 is 9.57 Å². The Morgan fingerprint density at radius 1 is 1.50 bits per heavy atom. The second kappa shape index (κ2) is 5.34. The molecule has 0 aliphatic rings. The van der Waals surface area contributed by atoms with Gasteiger partial charge in [-0.05, 0) is 33.6 Å². The summed E-state index contributed by atoms with van der Waals surface area (Å²) >= 11 is 3.40. The number of ether oxygens (including phenoxy) is 1. The van der Waals surface area contributed by atoms with Crippen LogP contribution in [0.1, 0.15) is 18.4 Å². The standard InChI is InChI=1S/C10H14BrNO2/c1-7(6-14-12)8-3-4-9(11)10(5-8)13-2/h3-5,7H,6,12H2,1-2H3. The maximum atomic E-state index is 5.19. The van der Waals surface area contributed by atoms with Crippen LogP contribution in [0, 0.1) is 0 Å². The fraction of sp³-hybridized carbons (Fsp3) is 0.400. The summed E-state index contributed by atoms with van der Waals surface area (Å²) in [6, 6.07) is 5.96. The lowest BCUT2D eigenvalue weighted by atomic mass is 10.0. The highest BCUT2D eigenvalue weighted by Gasteiger charge is 2.08. The van der Waals surface area contributed by atoms with E-state index in [1.807, 2.05) is 18.2 Å². The summed E-state index contributed by atoms with van der Waals surface area (Å²) in [5, 5.41) is 0. The molecule has 1 rings (SSSR count). The van der Waals surface area contributed by atoms with E-state index in [1.165, 1.54) is 0 Å². The molecule has 0 spiro atoms. The van der Waals surface area contributed by atoms with Crippen LogP contribution >= 0.6 is 15.9 Å². The highest BCUT2D eigenvalue weighted by molar-refractivity contribution is 9.10. The van der Waals surface area contributed by atoms with Gasteiger partial charge in [0, 0.05) is 5.92 Å². The van der Waals surface area contributed by atoms with Crippen LogP contribution in [-0.4, -0.2) is 13.7 Å². The summed E-state index contributed by atoms with van der Waals surface area (Å²) in [7, 11) is 1.65. The maximum absolute atomic E-state index is 5.19. The molecule has 4 heteroatoms. The number of hydrogen-bond acceptors (Lipinski definition) is 3. The van der Waals surface area contributed by atoms with Crippen LogP contribution in [0.4, 0.5) is 0 Å². The van der Waals surface area contributed by atoms with E-state index in [1.54, 1.807) is 7.11 Å². The molecular formula is C10H14BrNO2. The van der Waals surface area contributed by atoms with E-state index in [4.69, 9.17) is 10.6 Å². The minimum absolute atomic E-state index is 0.266. The van der Waals surface area contributed by atoms with Gasteiger partial charge in [0.2, 0.25) is 0 Å². The number of methoxy groups -OCH3 is 1. The first-order valence-corrected chi connectivity index (χ1v) is 5.13. The zero-order valence-electron chi connectivity index (χ0n) is 8.29. The van der Waals surface area contributed by atoms with Crippen LogP contribution in [-0.2, 0) is 4.84 Å². The monoisotopic (exact) mass is 259 g/mol. The molecule has 1 atom stereocenters. The Labute approximate surface area is 92.3 Å². The Hall–Kier alpha value is -0.580. The van der Waals surface area contributed by atoms with E-state index in [0.29, 0.717) is 6.61 Å². The molecule has 0 heterocycles. The highest BCUT2D eigenvalue weighted by Crippen LogP contribution is 2.28. The Morgan fingerprint density at radius 3 is 2.79 bits per heavy atom. The van der Waals surface area contributed by atoms with Crippen molar-refractivity contribution in [3.05, 3.63) is 28.2 Å². The lowest BCUT2D eigenvalue weighted by molar-refractivity contribution is 0.126. The Bertz CT molecular complexity index is 304. The van der Waals surface area contributed by atoms with Crippen LogP contribution in [0.5, 0.6) is 5.75 Å². The van der Waals surface area contributed by atoms with Gasteiger partial charge in [0.25, 0.3) is 0 Å². The first-order valence-electron chi connectivity index (χ1n) is 4.34. The van der Waals surface area contributed by atoms with Crippen molar-refractivity contribution in [2.45, 2.75) is 12.8 Å². The zero-order chi connectivity index (χ0) is 10.6. The SMILES string of the molecule is COc1cc(C(C)CON)ccc1Br. The summed E-state index contributed by atoms with van der Waals surface area (Å²) < 4.78 is 6.14. The molecule has 1 aromatic rings. The lowest BCUT2D eigenvalue weighted by Crippen LogP contribution is -2.08. The van der Waals surface area contributed by atoms with Crippen molar-refractivity contribution in [1.29, 1.82) is 0 Å². The Kier molecular flexibility index (Phi) is 4.38. The quantitative estimate of drug-likeness (QED) is 0.846. The third-order valence-corrected chi connectivity index (χ3v) is 2.75. The minimum atomic E-state index is 0.266. The minimum Gasteiger partial charge on any atom is -0.496 e. The number of nitrogens with two attached hydrogens (primary N) is 1. The smallest absolute Gasteiger partial charge is 0.133 e. The second-order valence-corrected chi connectivity index (χ2v) is 3.98. The zero-order valence-corrected chi connectivity index (χ0v) is 9.87. The third-order valence-electron chi connectivity index (χ3n) is 2.09. The van der Waals surface area contributed by atoms with Crippen LogP contribution in [0.2, 0.25) is 0 Å². The van der Waals surface area contributed by atoms with Crippen molar-refractivity contribution in [3.63, 3.8) is 0 Å². The van der Waals surface area contributed by atoms with Crippen molar-refractivity contribution in [2.75, 3.05) is 13.7 Å². The molecular weight excluding hydrogens is 246 g/mol. The van der Waals surface area contributed by atoms with Gasteiger partial charge < -0.3 is 9.57 Å². The molecule has 0 bridgehead atoms. The molecule has 0 aromatic heterocycles. The van der Waals surface area contributed by atoms with Gasteiger partial charge in [0.1, 0.15) is 5.75 Å². The van der Waals surface area contributed by atoms with Gasteiger partial charge in [-0.25, -0.2) is 5.90 Å². The molecule has 0 aliphatic carbocycles. The van der Waals surface area contributed by atoms with Gasteiger partial charge in [0.05, 0.1) is 18.2 Å². The molecule has 1 aromatic carbocycles. The topological polar surface area (TPSA) is 44.5 Å². The average Bonchev–Trinajstić information content (AvgIpc) is 2.19. The maximum Gasteiger partial charge on any atom is 0.133 e. The van der Waals surface area contributed by atoms with Gasteiger partial charge in [0.15, 0.2) is 0 Å². The molecule has 0 fully saturated rings. The molecule has 0 amide bonds. The Balaban J connectivity index is 2.88. The van der Waals surface area contributed by atoms with Gasteiger partial charge in [-0.2, -0.15) is 0 Å². The van der Waals surface area contributed by atoms with E-state index >= 15 is 0 Å². The van der Waals surface area contributed by atoms with E-state index in [9.17, 15) is 0 Å². The lowest BCUT2D eigenvalue weighted by Gasteiger charge is -2.12. The van der Waals surface area contributed by atoms with Crippen molar-refractivity contribution in [1.82, 2.24) is 0 Å². The number of rotatable bonds is 4. The molecule has 0 saturated carbocycles. The van der Waals surface area contributed by atoms with E-state index in [2.05, 4.69) is 27.7 Å². The molecule has 2 N–H and O–H groups in total. The summed E-state index contributed by atoms with van der Waals surface area (Å²) in [5.74, 6) is 6.12. The van der Waals surface area contributed by atoms with Gasteiger partial charge >= 0.3 is 0 Å². The predicted molar refractivity (Wildman–Crippen MR) is 59.2 cm³/mol. The average molecular weight is 260 g/mol. The molecule has 0 radical (unpaired) electrons. The van der Waals surface area contributed by atoms with Crippen LogP contribution < -0.4 is 10.6 Å². The van der Waals surface area contributed by atoms with Crippen LogP contribution in [0.3, 0.4) is 0 Å². The molecule has 3 nitrogen and oxygen atoms in total. The molecule has 1 unspecified atom stereocenters. The fourth-order valence-corrected chi connectivity index (χ4v) is 1.63. The normalized spacial score (nSPS) is 12.6. The van der Waals surface area contributed by atoms with E-state index < -0.39 is 0 Å². The molecule has 0 saturated heterocycles. The van der Waals surface area contributed by atoms with E-state index in [0.717, 1.165) is 15.8 Å². The number of hydrogen-bond donors (Lipinski definition) is 1. The second-order valence-electron chi connectivity index (χ2n) is 3.13. The summed E-state index contributed by atoms with van der Waals surface area (Å²) in [6.45, 7) is 2.56. The van der Waals surface area contributed by atoms with Crippen molar-refractivity contribution in [3.8, 4) is 5.75 Å². The van der Waals surface area contributed by atoms with Gasteiger partial charge in [-0.1, -0.05) is 13.0 Å². The molecule has 78 valence electrons. The highest BCUT2D eigenvalue weighted by atomic mass is 79.9. The van der Waals surface area contributed by atoms with Crippen LogP contribution in [0.25, 0.3) is 0 Å². The first-order chi connectivity index (χ1) is 6.69. The van der Waals surface area contributed by atoms with Crippen LogP contribution in [0.15, 0.2) is 22.7 Å².